The second-order valence-corrected chi connectivity index (χ2v) is 9.02. The van der Waals surface area contributed by atoms with Crippen molar-refractivity contribution in [1.82, 2.24) is 19.9 Å². The first kappa shape index (κ1) is 19.1. The maximum atomic E-state index is 6.20. The molecule has 2 fully saturated rings. The average molecular weight is 420 g/mol. The molecule has 31 heavy (non-hydrogen) atoms. The minimum atomic E-state index is 0.0814. The molecular weight excluding hydrogens is 390 g/mol. The van der Waals surface area contributed by atoms with Crippen LogP contribution < -0.4 is 10.1 Å². The Labute approximate surface area is 182 Å². The van der Waals surface area contributed by atoms with Gasteiger partial charge in [-0.15, -0.1) is 0 Å². The lowest BCUT2D eigenvalue weighted by atomic mass is 9.93. The lowest BCUT2D eigenvalue weighted by Gasteiger charge is -2.44. The first-order valence-corrected chi connectivity index (χ1v) is 11.4. The number of fused-ring (bicyclic) bond motifs is 2. The van der Waals surface area contributed by atoms with E-state index in [2.05, 4.69) is 49.4 Å². The number of ether oxygens (including phenoxy) is 2. The molecule has 1 aromatic carbocycles. The molecule has 7 nitrogen and oxygen atoms in total. The molecular formula is C24H29N5O2. The number of hydrogen-bond donors (Lipinski definition) is 2. The van der Waals surface area contributed by atoms with Gasteiger partial charge in [0.25, 0.3) is 0 Å². The van der Waals surface area contributed by atoms with Crippen LogP contribution in [-0.2, 0) is 4.74 Å². The summed E-state index contributed by atoms with van der Waals surface area (Å²) >= 11 is 0. The molecule has 2 aromatic heterocycles. The van der Waals surface area contributed by atoms with Crippen molar-refractivity contribution in [2.45, 2.75) is 49.8 Å². The predicted molar refractivity (Wildman–Crippen MR) is 120 cm³/mol. The van der Waals surface area contributed by atoms with E-state index in [1.807, 2.05) is 13.2 Å². The number of piperidine rings is 1. The SMILES string of the molecule is COC1CCCN(C2COc3ccccc3C2Nc2ncnc3[nH]c(C4CC4)cc23)C1. The number of methoxy groups -OCH3 is 1. The second-order valence-electron chi connectivity index (χ2n) is 9.02. The van der Waals surface area contributed by atoms with E-state index in [9.17, 15) is 0 Å². The third-order valence-corrected chi connectivity index (χ3v) is 7.02. The Balaban J connectivity index is 1.36. The molecule has 3 unspecified atom stereocenters. The quantitative estimate of drug-likeness (QED) is 0.654. The molecule has 2 aliphatic heterocycles. The molecule has 6 rings (SSSR count). The van der Waals surface area contributed by atoms with Gasteiger partial charge in [-0.05, 0) is 50.3 Å². The van der Waals surface area contributed by atoms with E-state index >= 15 is 0 Å². The van der Waals surface area contributed by atoms with Gasteiger partial charge < -0.3 is 19.8 Å². The van der Waals surface area contributed by atoms with E-state index < -0.39 is 0 Å². The van der Waals surface area contributed by atoms with Crippen LogP contribution in [0.2, 0.25) is 0 Å². The number of H-pyrrole nitrogens is 1. The van der Waals surface area contributed by atoms with E-state index in [0.717, 1.165) is 48.5 Å². The van der Waals surface area contributed by atoms with Crippen molar-refractivity contribution in [3.63, 3.8) is 0 Å². The molecule has 2 N–H and O–H groups in total. The summed E-state index contributed by atoms with van der Waals surface area (Å²) in [6.07, 6.45) is 6.71. The Morgan fingerprint density at radius 1 is 1.19 bits per heavy atom. The maximum absolute atomic E-state index is 6.20. The molecule has 1 saturated carbocycles. The zero-order valence-corrected chi connectivity index (χ0v) is 17.9. The lowest BCUT2D eigenvalue weighted by molar-refractivity contribution is -0.00268. The second kappa shape index (κ2) is 7.80. The van der Waals surface area contributed by atoms with Crippen molar-refractivity contribution >= 4 is 16.9 Å². The van der Waals surface area contributed by atoms with Crippen LogP contribution in [0.4, 0.5) is 5.82 Å². The molecule has 0 amide bonds. The number of benzene rings is 1. The van der Waals surface area contributed by atoms with Crippen LogP contribution in [0.3, 0.4) is 0 Å². The van der Waals surface area contributed by atoms with Crippen molar-refractivity contribution in [3.05, 3.63) is 47.9 Å². The summed E-state index contributed by atoms with van der Waals surface area (Å²) < 4.78 is 11.9. The van der Waals surface area contributed by atoms with Crippen LogP contribution in [0.1, 0.15) is 48.9 Å². The van der Waals surface area contributed by atoms with Crippen LogP contribution in [0.15, 0.2) is 36.7 Å². The fraction of sp³-hybridized carbons (Fsp3) is 0.500. The summed E-state index contributed by atoms with van der Waals surface area (Å²) in [6, 6.07) is 10.9. The van der Waals surface area contributed by atoms with Gasteiger partial charge in [-0.25, -0.2) is 9.97 Å². The Hall–Kier alpha value is -2.64. The molecule has 0 radical (unpaired) electrons. The number of rotatable bonds is 5. The summed E-state index contributed by atoms with van der Waals surface area (Å²) in [5.74, 6) is 2.49. The smallest absolute Gasteiger partial charge is 0.143 e. The molecule has 3 aliphatic rings. The van der Waals surface area contributed by atoms with Gasteiger partial charge >= 0.3 is 0 Å². The minimum absolute atomic E-state index is 0.0814. The van der Waals surface area contributed by atoms with Crippen molar-refractivity contribution in [2.75, 3.05) is 32.1 Å². The van der Waals surface area contributed by atoms with Crippen LogP contribution in [0.25, 0.3) is 11.0 Å². The minimum Gasteiger partial charge on any atom is -0.491 e. The zero-order valence-electron chi connectivity index (χ0n) is 17.9. The number of para-hydroxylation sites is 1. The fourth-order valence-corrected chi connectivity index (χ4v) is 5.13. The summed E-state index contributed by atoms with van der Waals surface area (Å²) in [4.78, 5) is 15.2. The van der Waals surface area contributed by atoms with E-state index in [1.54, 1.807) is 6.33 Å². The van der Waals surface area contributed by atoms with Crippen LogP contribution >= 0.6 is 0 Å². The molecule has 7 heteroatoms. The fourth-order valence-electron chi connectivity index (χ4n) is 5.13. The van der Waals surface area contributed by atoms with E-state index in [0.29, 0.717) is 12.5 Å². The average Bonchev–Trinajstić information content (AvgIpc) is 3.58. The van der Waals surface area contributed by atoms with Gasteiger partial charge in [0.05, 0.1) is 23.6 Å². The first-order chi connectivity index (χ1) is 15.3. The Kier molecular flexibility index (Phi) is 4.80. The Morgan fingerprint density at radius 3 is 2.97 bits per heavy atom. The summed E-state index contributed by atoms with van der Waals surface area (Å²) in [7, 11) is 1.82. The topological polar surface area (TPSA) is 75.3 Å². The third kappa shape index (κ3) is 3.55. The molecule has 3 atom stereocenters. The number of hydrogen-bond acceptors (Lipinski definition) is 6. The normalized spacial score (nSPS) is 26.4. The number of aromatic nitrogens is 3. The van der Waals surface area contributed by atoms with Crippen molar-refractivity contribution in [1.29, 1.82) is 0 Å². The molecule has 162 valence electrons. The van der Waals surface area contributed by atoms with Crippen molar-refractivity contribution in [2.24, 2.45) is 0 Å². The van der Waals surface area contributed by atoms with Gasteiger partial charge in [0.2, 0.25) is 0 Å². The summed E-state index contributed by atoms with van der Waals surface area (Å²) in [5.41, 5.74) is 3.37. The maximum Gasteiger partial charge on any atom is 0.143 e. The lowest BCUT2D eigenvalue weighted by Crippen LogP contribution is -2.53. The summed E-state index contributed by atoms with van der Waals surface area (Å²) in [6.45, 7) is 2.64. The zero-order chi connectivity index (χ0) is 20.8. The summed E-state index contributed by atoms with van der Waals surface area (Å²) in [5, 5.41) is 4.87. The monoisotopic (exact) mass is 419 g/mol. The molecule has 0 spiro atoms. The highest BCUT2D eigenvalue weighted by Gasteiger charge is 2.37. The molecule has 4 heterocycles. The number of nitrogens with zero attached hydrogens (tertiary/aromatic N) is 3. The van der Waals surface area contributed by atoms with E-state index in [1.165, 1.54) is 24.1 Å². The van der Waals surface area contributed by atoms with Crippen LogP contribution in [0, 0.1) is 0 Å². The Bertz CT molecular complexity index is 1080. The molecule has 0 bridgehead atoms. The van der Waals surface area contributed by atoms with Crippen LogP contribution in [0.5, 0.6) is 5.75 Å². The Morgan fingerprint density at radius 2 is 2.10 bits per heavy atom. The van der Waals surface area contributed by atoms with Gasteiger partial charge in [-0.1, -0.05) is 18.2 Å². The first-order valence-electron chi connectivity index (χ1n) is 11.4. The van der Waals surface area contributed by atoms with Gasteiger partial charge in [0.1, 0.15) is 30.1 Å². The number of nitrogens with one attached hydrogen (secondary N) is 2. The number of likely N-dealkylation sites (tertiary alicyclic amines) is 1. The highest BCUT2D eigenvalue weighted by molar-refractivity contribution is 5.88. The predicted octanol–water partition coefficient (Wildman–Crippen LogP) is 3.86. The van der Waals surface area contributed by atoms with E-state index in [-0.39, 0.29) is 18.2 Å². The van der Waals surface area contributed by atoms with Crippen LogP contribution in [-0.4, -0.2) is 58.8 Å². The molecule has 3 aromatic rings. The van der Waals surface area contributed by atoms with Gasteiger partial charge in [0.15, 0.2) is 0 Å². The van der Waals surface area contributed by atoms with Crippen molar-refractivity contribution < 1.29 is 9.47 Å². The van der Waals surface area contributed by atoms with Crippen molar-refractivity contribution in [3.8, 4) is 5.75 Å². The number of anilines is 1. The van der Waals surface area contributed by atoms with E-state index in [4.69, 9.17) is 9.47 Å². The molecule has 1 aliphatic carbocycles. The standard InChI is InChI=1S/C24H29N5O2/c1-30-16-5-4-10-29(12-16)20-13-31-21-7-3-2-6-17(21)22(20)28-24-18-11-19(15-8-9-15)27-23(18)25-14-26-24/h2-3,6-7,11,14-16,20,22H,4-5,8-10,12-13H2,1H3,(H2,25,26,27,28). The highest BCUT2D eigenvalue weighted by Crippen LogP contribution is 2.42. The van der Waals surface area contributed by atoms with Gasteiger partial charge in [-0.3, -0.25) is 4.90 Å². The third-order valence-electron chi connectivity index (χ3n) is 7.02. The molecule has 1 saturated heterocycles. The van der Waals surface area contributed by atoms with Gasteiger partial charge in [0, 0.05) is 24.9 Å². The number of aromatic amines is 1. The highest BCUT2D eigenvalue weighted by atomic mass is 16.5. The largest absolute Gasteiger partial charge is 0.491 e. The van der Waals surface area contributed by atoms with Gasteiger partial charge in [-0.2, -0.15) is 0 Å².